The predicted molar refractivity (Wildman–Crippen MR) is 77.7 cm³/mol. The molecule has 6 nitrogen and oxygen atoms in total. The molecule has 20 heavy (non-hydrogen) atoms. The first-order valence-corrected chi connectivity index (χ1v) is 8.98. The zero-order chi connectivity index (χ0) is 14.3. The van der Waals surface area contributed by atoms with E-state index < -0.39 is 10.0 Å². The highest BCUT2D eigenvalue weighted by atomic mass is 79.9. The van der Waals surface area contributed by atoms with Gasteiger partial charge < -0.3 is 10.2 Å². The number of halogens is 1. The normalized spacial score (nSPS) is 22.3. The average molecular weight is 364 g/mol. The third kappa shape index (κ3) is 2.67. The molecule has 0 unspecified atom stereocenters. The SMILES string of the molecule is NCc1cc(S(=O)(=O)N2CCN(C3CC3)CC2)c(Br)o1. The lowest BCUT2D eigenvalue weighted by Crippen LogP contribution is -2.49. The summed E-state index contributed by atoms with van der Waals surface area (Å²) in [6, 6.07) is 2.19. The first-order valence-electron chi connectivity index (χ1n) is 6.75. The van der Waals surface area contributed by atoms with E-state index in [-0.39, 0.29) is 16.1 Å². The maximum atomic E-state index is 12.6. The fourth-order valence-corrected chi connectivity index (χ4v) is 4.95. The highest BCUT2D eigenvalue weighted by Gasteiger charge is 2.36. The smallest absolute Gasteiger partial charge is 0.247 e. The molecule has 1 aliphatic heterocycles. The Labute approximate surface area is 127 Å². The van der Waals surface area contributed by atoms with Crippen LogP contribution in [-0.4, -0.2) is 49.8 Å². The van der Waals surface area contributed by atoms with Crippen molar-refractivity contribution in [3.63, 3.8) is 0 Å². The lowest BCUT2D eigenvalue weighted by molar-refractivity contribution is 0.180. The van der Waals surface area contributed by atoms with Crippen molar-refractivity contribution in [3.05, 3.63) is 16.5 Å². The largest absolute Gasteiger partial charge is 0.452 e. The van der Waals surface area contributed by atoms with E-state index in [1.165, 1.54) is 23.2 Å². The zero-order valence-electron chi connectivity index (χ0n) is 11.1. The van der Waals surface area contributed by atoms with Crippen LogP contribution in [0.2, 0.25) is 0 Å². The number of nitrogens with zero attached hydrogens (tertiary/aromatic N) is 2. The molecule has 0 bridgehead atoms. The second kappa shape index (κ2) is 5.42. The molecule has 1 aromatic heterocycles. The van der Waals surface area contributed by atoms with Crippen molar-refractivity contribution in [2.24, 2.45) is 5.73 Å². The second-order valence-corrected chi connectivity index (χ2v) is 7.85. The van der Waals surface area contributed by atoms with E-state index >= 15 is 0 Å². The second-order valence-electron chi connectivity index (χ2n) is 5.23. The number of rotatable bonds is 4. The van der Waals surface area contributed by atoms with Crippen molar-refractivity contribution in [2.75, 3.05) is 26.2 Å². The summed E-state index contributed by atoms with van der Waals surface area (Å²) in [7, 11) is -3.50. The topological polar surface area (TPSA) is 79.8 Å². The van der Waals surface area contributed by atoms with E-state index in [0.717, 1.165) is 13.1 Å². The van der Waals surface area contributed by atoms with Gasteiger partial charge in [-0.1, -0.05) is 0 Å². The van der Waals surface area contributed by atoms with Gasteiger partial charge in [-0.3, -0.25) is 4.90 Å². The molecule has 2 heterocycles. The Kier molecular flexibility index (Phi) is 3.93. The standard InChI is InChI=1S/C12H18BrN3O3S/c13-12-11(7-10(8-14)19-12)20(17,18)16-5-3-15(4-6-16)9-1-2-9/h7,9H,1-6,8,14H2. The van der Waals surface area contributed by atoms with Crippen LogP contribution in [0.15, 0.2) is 20.0 Å². The molecule has 3 rings (SSSR count). The third-order valence-corrected chi connectivity index (χ3v) is 6.62. The molecule has 8 heteroatoms. The number of sulfonamides is 1. The van der Waals surface area contributed by atoms with Gasteiger partial charge in [-0.2, -0.15) is 4.31 Å². The van der Waals surface area contributed by atoms with Crippen LogP contribution in [0.25, 0.3) is 0 Å². The summed E-state index contributed by atoms with van der Waals surface area (Å²) in [4.78, 5) is 2.56. The van der Waals surface area contributed by atoms with Crippen LogP contribution in [-0.2, 0) is 16.6 Å². The minimum Gasteiger partial charge on any atom is -0.452 e. The minimum absolute atomic E-state index is 0.179. The molecule has 0 aromatic carbocycles. The van der Waals surface area contributed by atoms with Crippen molar-refractivity contribution in [1.82, 2.24) is 9.21 Å². The molecule has 2 N–H and O–H groups in total. The van der Waals surface area contributed by atoms with E-state index in [2.05, 4.69) is 20.8 Å². The first-order chi connectivity index (χ1) is 9.52. The van der Waals surface area contributed by atoms with Crippen LogP contribution in [0.1, 0.15) is 18.6 Å². The maximum absolute atomic E-state index is 12.6. The van der Waals surface area contributed by atoms with Gasteiger partial charge in [-0.05, 0) is 28.8 Å². The van der Waals surface area contributed by atoms with Crippen molar-refractivity contribution >= 4 is 26.0 Å². The van der Waals surface area contributed by atoms with Gasteiger partial charge in [0.05, 0.1) is 6.54 Å². The molecule has 2 aliphatic rings. The number of hydrogen-bond acceptors (Lipinski definition) is 5. The van der Waals surface area contributed by atoms with Gasteiger partial charge in [0.1, 0.15) is 10.7 Å². The Morgan fingerprint density at radius 1 is 1.30 bits per heavy atom. The average Bonchev–Trinajstić information content (AvgIpc) is 3.21. The van der Waals surface area contributed by atoms with Crippen LogP contribution in [0.3, 0.4) is 0 Å². The lowest BCUT2D eigenvalue weighted by Gasteiger charge is -2.33. The van der Waals surface area contributed by atoms with Gasteiger partial charge in [-0.25, -0.2) is 8.42 Å². The van der Waals surface area contributed by atoms with E-state index in [4.69, 9.17) is 10.2 Å². The quantitative estimate of drug-likeness (QED) is 0.861. The van der Waals surface area contributed by atoms with Crippen molar-refractivity contribution in [1.29, 1.82) is 0 Å². The molecule has 1 aliphatic carbocycles. The minimum atomic E-state index is -3.50. The lowest BCUT2D eigenvalue weighted by atomic mass is 10.3. The van der Waals surface area contributed by atoms with E-state index in [1.54, 1.807) is 0 Å². The highest BCUT2D eigenvalue weighted by molar-refractivity contribution is 9.10. The van der Waals surface area contributed by atoms with E-state index in [9.17, 15) is 8.42 Å². The molecule has 1 saturated carbocycles. The van der Waals surface area contributed by atoms with Gasteiger partial charge >= 0.3 is 0 Å². The number of nitrogens with two attached hydrogens (primary N) is 1. The first kappa shape index (κ1) is 14.5. The summed E-state index contributed by atoms with van der Waals surface area (Å²) < 4.78 is 32.3. The third-order valence-electron chi connectivity index (χ3n) is 3.86. The zero-order valence-corrected chi connectivity index (χ0v) is 13.5. The van der Waals surface area contributed by atoms with E-state index in [1.807, 2.05) is 0 Å². The van der Waals surface area contributed by atoms with Crippen LogP contribution in [0.4, 0.5) is 0 Å². The molecule has 2 fully saturated rings. The summed E-state index contributed by atoms with van der Waals surface area (Å²) >= 11 is 3.17. The van der Waals surface area contributed by atoms with Crippen LogP contribution >= 0.6 is 15.9 Å². The van der Waals surface area contributed by atoms with Crippen molar-refractivity contribution < 1.29 is 12.8 Å². The molecule has 112 valence electrons. The van der Waals surface area contributed by atoms with Gasteiger partial charge in [0.25, 0.3) is 0 Å². The molecule has 0 amide bonds. The van der Waals surface area contributed by atoms with Crippen molar-refractivity contribution in [2.45, 2.75) is 30.3 Å². The summed E-state index contributed by atoms with van der Waals surface area (Å²) in [6.45, 7) is 2.87. The van der Waals surface area contributed by atoms with Crippen LogP contribution in [0, 0.1) is 0 Å². The fraction of sp³-hybridized carbons (Fsp3) is 0.667. The molecule has 1 saturated heterocycles. The monoisotopic (exact) mass is 363 g/mol. The van der Waals surface area contributed by atoms with Crippen LogP contribution in [0.5, 0.6) is 0 Å². The van der Waals surface area contributed by atoms with Crippen molar-refractivity contribution in [3.8, 4) is 0 Å². The number of piperazine rings is 1. The summed E-state index contributed by atoms with van der Waals surface area (Å²) in [5, 5.41) is 0. The maximum Gasteiger partial charge on any atom is 0.247 e. The molecular weight excluding hydrogens is 346 g/mol. The highest BCUT2D eigenvalue weighted by Crippen LogP contribution is 2.31. The fourth-order valence-electron chi connectivity index (χ4n) is 2.56. The molecular formula is C12H18BrN3O3S. The predicted octanol–water partition coefficient (Wildman–Crippen LogP) is 0.969. The number of hydrogen-bond donors (Lipinski definition) is 1. The Morgan fingerprint density at radius 2 is 1.95 bits per heavy atom. The van der Waals surface area contributed by atoms with Gasteiger partial charge in [-0.15, -0.1) is 0 Å². The van der Waals surface area contributed by atoms with Gasteiger partial charge in [0.2, 0.25) is 10.0 Å². The summed E-state index contributed by atoms with van der Waals surface area (Å²) in [5.41, 5.74) is 5.48. The molecule has 0 radical (unpaired) electrons. The van der Waals surface area contributed by atoms with Crippen LogP contribution < -0.4 is 5.73 Å². The van der Waals surface area contributed by atoms with Gasteiger partial charge in [0, 0.05) is 38.3 Å². The molecule has 1 aromatic rings. The summed E-state index contributed by atoms with van der Waals surface area (Å²) in [6.07, 6.45) is 2.50. The molecule has 0 atom stereocenters. The van der Waals surface area contributed by atoms with E-state index in [0.29, 0.717) is 24.9 Å². The Balaban J connectivity index is 1.76. The Morgan fingerprint density at radius 3 is 2.45 bits per heavy atom. The Bertz CT molecular complexity index is 589. The Hall–Kier alpha value is -0.410. The molecule has 0 spiro atoms. The number of furan rings is 1. The summed E-state index contributed by atoms with van der Waals surface area (Å²) in [5.74, 6) is 0.465. The van der Waals surface area contributed by atoms with Gasteiger partial charge in [0.15, 0.2) is 4.67 Å².